The van der Waals surface area contributed by atoms with Gasteiger partial charge in [-0.05, 0) is 58.0 Å². The number of thioether (sulfide) groups is 1. The Bertz CT molecular complexity index is 227. The fourth-order valence-electron chi connectivity index (χ4n) is 3.51. The summed E-state index contributed by atoms with van der Waals surface area (Å²) in [4.78, 5) is 2.63. The van der Waals surface area contributed by atoms with E-state index in [0.717, 1.165) is 17.3 Å². The third kappa shape index (κ3) is 4.14. The Morgan fingerprint density at radius 1 is 1.11 bits per heavy atom. The van der Waals surface area contributed by atoms with Crippen LogP contribution in [0.5, 0.6) is 0 Å². The number of hydrogen-bond donors (Lipinski definition) is 1. The predicted octanol–water partition coefficient (Wildman–Crippen LogP) is 3.12. The first kappa shape index (κ1) is 14.7. The van der Waals surface area contributed by atoms with Crippen molar-refractivity contribution in [3.63, 3.8) is 0 Å². The van der Waals surface area contributed by atoms with Crippen LogP contribution in [0.15, 0.2) is 0 Å². The maximum absolute atomic E-state index is 3.97. The van der Waals surface area contributed by atoms with Gasteiger partial charge in [0, 0.05) is 17.3 Å². The van der Waals surface area contributed by atoms with Crippen LogP contribution in [0, 0.1) is 0 Å². The minimum absolute atomic E-state index is 0.788. The molecule has 2 nitrogen and oxygen atoms in total. The lowest BCUT2D eigenvalue weighted by molar-refractivity contribution is 0.185. The number of piperidine rings is 1. The van der Waals surface area contributed by atoms with E-state index in [4.69, 9.17) is 0 Å². The number of rotatable bonds is 5. The second-order valence-electron chi connectivity index (χ2n) is 5.95. The van der Waals surface area contributed by atoms with Crippen LogP contribution in [0.4, 0.5) is 0 Å². The van der Waals surface area contributed by atoms with Crippen LogP contribution < -0.4 is 5.32 Å². The van der Waals surface area contributed by atoms with Gasteiger partial charge in [-0.25, -0.2) is 0 Å². The van der Waals surface area contributed by atoms with Crippen molar-refractivity contribution < 1.29 is 0 Å². The maximum Gasteiger partial charge on any atom is 0.0198 e. The average Bonchev–Trinajstić information content (AvgIpc) is 2.42. The van der Waals surface area contributed by atoms with Gasteiger partial charge in [0.1, 0.15) is 0 Å². The molecule has 0 bridgehead atoms. The van der Waals surface area contributed by atoms with Crippen molar-refractivity contribution in [3.05, 3.63) is 0 Å². The summed E-state index contributed by atoms with van der Waals surface area (Å²) in [6.45, 7) is 6.20. The largest absolute Gasteiger partial charge is 0.310 e. The molecular formula is C15H30N2S. The first-order chi connectivity index (χ1) is 8.83. The van der Waals surface area contributed by atoms with Gasteiger partial charge in [0.15, 0.2) is 0 Å². The first-order valence-corrected chi connectivity index (χ1v) is 9.13. The van der Waals surface area contributed by atoms with Gasteiger partial charge in [0.2, 0.25) is 0 Å². The van der Waals surface area contributed by atoms with E-state index in [9.17, 15) is 0 Å². The summed E-state index contributed by atoms with van der Waals surface area (Å²) >= 11 is 2.08. The Morgan fingerprint density at radius 3 is 2.50 bits per heavy atom. The highest BCUT2D eigenvalue weighted by atomic mass is 32.2. The van der Waals surface area contributed by atoms with Crippen LogP contribution >= 0.6 is 11.8 Å². The van der Waals surface area contributed by atoms with Crippen LogP contribution in [0.3, 0.4) is 0 Å². The SMILES string of the molecule is CCCN1CCC(NC2CCCCC2SC)CC1. The molecule has 3 heteroatoms. The topological polar surface area (TPSA) is 15.3 Å². The lowest BCUT2D eigenvalue weighted by Crippen LogP contribution is -2.50. The highest BCUT2D eigenvalue weighted by Gasteiger charge is 2.27. The molecule has 2 unspecified atom stereocenters. The monoisotopic (exact) mass is 270 g/mol. The average molecular weight is 270 g/mol. The molecule has 1 aliphatic heterocycles. The molecule has 1 saturated carbocycles. The Balaban J connectivity index is 1.73. The number of nitrogens with zero attached hydrogens (tertiary/aromatic N) is 1. The molecule has 0 aromatic rings. The fourth-order valence-corrected chi connectivity index (χ4v) is 4.46. The van der Waals surface area contributed by atoms with Crippen LogP contribution in [0.25, 0.3) is 0 Å². The van der Waals surface area contributed by atoms with E-state index in [-0.39, 0.29) is 0 Å². The predicted molar refractivity (Wildman–Crippen MR) is 82.4 cm³/mol. The van der Waals surface area contributed by atoms with Crippen LogP contribution in [-0.2, 0) is 0 Å². The summed E-state index contributed by atoms with van der Waals surface area (Å²) in [6, 6.07) is 1.58. The van der Waals surface area contributed by atoms with Gasteiger partial charge in [0.05, 0.1) is 0 Å². The van der Waals surface area contributed by atoms with E-state index in [1.54, 1.807) is 0 Å². The van der Waals surface area contributed by atoms with Gasteiger partial charge in [-0.15, -0.1) is 0 Å². The molecule has 1 aliphatic carbocycles. The van der Waals surface area contributed by atoms with E-state index in [0.29, 0.717) is 0 Å². The fraction of sp³-hybridized carbons (Fsp3) is 1.00. The van der Waals surface area contributed by atoms with Crippen molar-refractivity contribution in [3.8, 4) is 0 Å². The molecule has 2 atom stereocenters. The molecular weight excluding hydrogens is 240 g/mol. The molecule has 1 saturated heterocycles. The highest BCUT2D eigenvalue weighted by molar-refractivity contribution is 7.99. The molecule has 18 heavy (non-hydrogen) atoms. The van der Waals surface area contributed by atoms with E-state index in [1.165, 1.54) is 64.6 Å². The summed E-state index contributed by atoms with van der Waals surface area (Å²) in [5.74, 6) is 0. The number of likely N-dealkylation sites (tertiary alicyclic amines) is 1. The first-order valence-electron chi connectivity index (χ1n) is 7.84. The van der Waals surface area contributed by atoms with Gasteiger partial charge in [0.25, 0.3) is 0 Å². The van der Waals surface area contributed by atoms with E-state index < -0.39 is 0 Å². The zero-order chi connectivity index (χ0) is 12.8. The summed E-state index contributed by atoms with van der Waals surface area (Å²) in [5.41, 5.74) is 0. The van der Waals surface area contributed by atoms with Gasteiger partial charge in [-0.3, -0.25) is 0 Å². The lowest BCUT2D eigenvalue weighted by Gasteiger charge is -2.38. The Labute approximate surface area is 117 Å². The molecule has 0 spiro atoms. The van der Waals surface area contributed by atoms with Gasteiger partial charge in [-0.2, -0.15) is 11.8 Å². The number of nitrogens with one attached hydrogen (secondary N) is 1. The smallest absolute Gasteiger partial charge is 0.0198 e. The standard InChI is InChI=1S/C15H30N2S/c1-3-10-17-11-8-13(9-12-17)16-14-6-4-5-7-15(14)18-2/h13-16H,3-12H2,1-2H3. The Hall–Kier alpha value is 0.270. The van der Waals surface area contributed by atoms with Crippen LogP contribution in [0.1, 0.15) is 51.9 Å². The molecule has 2 rings (SSSR count). The molecule has 2 aliphatic rings. The van der Waals surface area contributed by atoms with E-state index in [1.807, 2.05) is 0 Å². The second kappa shape index (κ2) is 7.76. The molecule has 1 N–H and O–H groups in total. The van der Waals surface area contributed by atoms with E-state index >= 15 is 0 Å². The van der Waals surface area contributed by atoms with E-state index in [2.05, 4.69) is 35.2 Å². The maximum atomic E-state index is 3.97. The normalized spacial score (nSPS) is 31.7. The molecule has 0 aromatic carbocycles. The molecule has 2 fully saturated rings. The summed E-state index contributed by atoms with van der Waals surface area (Å²) in [5, 5.41) is 4.84. The quantitative estimate of drug-likeness (QED) is 0.826. The van der Waals surface area contributed by atoms with Crippen LogP contribution in [-0.4, -0.2) is 48.1 Å². The van der Waals surface area contributed by atoms with Gasteiger partial charge >= 0.3 is 0 Å². The summed E-state index contributed by atoms with van der Waals surface area (Å²) in [6.07, 6.45) is 12.0. The van der Waals surface area contributed by atoms with Crippen molar-refractivity contribution in [2.45, 2.75) is 69.2 Å². The molecule has 0 amide bonds. The molecule has 1 heterocycles. The zero-order valence-electron chi connectivity index (χ0n) is 12.2. The Kier molecular flexibility index (Phi) is 6.33. The van der Waals surface area contributed by atoms with Gasteiger partial charge in [-0.1, -0.05) is 19.8 Å². The van der Waals surface area contributed by atoms with Crippen molar-refractivity contribution in [2.24, 2.45) is 0 Å². The lowest BCUT2D eigenvalue weighted by atomic mass is 9.93. The Morgan fingerprint density at radius 2 is 1.83 bits per heavy atom. The third-order valence-electron chi connectivity index (χ3n) is 4.58. The van der Waals surface area contributed by atoms with Crippen molar-refractivity contribution in [1.29, 1.82) is 0 Å². The van der Waals surface area contributed by atoms with Crippen molar-refractivity contribution in [2.75, 3.05) is 25.9 Å². The summed E-state index contributed by atoms with van der Waals surface area (Å²) in [7, 11) is 0. The second-order valence-corrected chi connectivity index (χ2v) is 7.02. The minimum Gasteiger partial charge on any atom is -0.310 e. The molecule has 0 radical (unpaired) electrons. The zero-order valence-corrected chi connectivity index (χ0v) is 13.0. The molecule has 0 aromatic heterocycles. The van der Waals surface area contributed by atoms with Crippen molar-refractivity contribution in [1.82, 2.24) is 10.2 Å². The third-order valence-corrected chi connectivity index (χ3v) is 5.75. The highest BCUT2D eigenvalue weighted by Crippen LogP contribution is 2.28. The van der Waals surface area contributed by atoms with Crippen molar-refractivity contribution >= 4 is 11.8 Å². The molecule has 106 valence electrons. The minimum atomic E-state index is 0.788. The van der Waals surface area contributed by atoms with Crippen LogP contribution in [0.2, 0.25) is 0 Å². The summed E-state index contributed by atoms with van der Waals surface area (Å²) < 4.78 is 0. The van der Waals surface area contributed by atoms with Gasteiger partial charge < -0.3 is 10.2 Å². The number of hydrogen-bond acceptors (Lipinski definition) is 3.